The third-order valence-corrected chi connectivity index (χ3v) is 10.2. The van der Waals surface area contributed by atoms with Gasteiger partial charge < -0.3 is 24.2 Å². The van der Waals surface area contributed by atoms with E-state index in [9.17, 15) is 24.3 Å². The minimum absolute atomic E-state index is 0.0509. The Balaban J connectivity index is 1.28. The van der Waals surface area contributed by atoms with E-state index in [4.69, 9.17) is 14.2 Å². The Morgan fingerprint density at radius 2 is 1.55 bits per heavy atom. The molecular weight excluding hydrogens is 711 g/mol. The Bertz CT molecular complexity index is 2050. The zero-order valence-electron chi connectivity index (χ0n) is 33.2. The summed E-state index contributed by atoms with van der Waals surface area (Å²) in [6, 6.07) is 2.74. The monoisotopic (exact) mass is 762 g/mol. The first-order valence-electron chi connectivity index (χ1n) is 18.5. The van der Waals surface area contributed by atoms with E-state index >= 15 is 4.39 Å². The molecule has 3 aromatic rings. The number of nitrogens with zero attached hydrogens (tertiary/aromatic N) is 4. The second-order valence-corrected chi connectivity index (χ2v) is 18.1. The minimum atomic E-state index is -1.13. The number of aryl methyl sites for hydroxylation is 1. The van der Waals surface area contributed by atoms with Crippen LogP contribution in [-0.4, -0.2) is 80.8 Å². The lowest BCUT2D eigenvalue weighted by atomic mass is 9.62. The zero-order valence-corrected chi connectivity index (χ0v) is 33.2. The highest BCUT2D eigenvalue weighted by Gasteiger charge is 2.56. The largest absolute Gasteiger partial charge is 0.465 e. The summed E-state index contributed by atoms with van der Waals surface area (Å²) in [4.78, 5) is 63.0. The molecule has 14 nitrogen and oxygen atoms in total. The first-order chi connectivity index (χ1) is 25.4. The molecule has 1 atom stereocenters. The van der Waals surface area contributed by atoms with Gasteiger partial charge in [-0.1, -0.05) is 20.8 Å². The summed E-state index contributed by atoms with van der Waals surface area (Å²) in [5, 5.41) is 16.3. The van der Waals surface area contributed by atoms with Gasteiger partial charge in [-0.25, -0.2) is 28.6 Å². The van der Waals surface area contributed by atoms with Gasteiger partial charge in [-0.15, -0.1) is 0 Å². The van der Waals surface area contributed by atoms with Crippen molar-refractivity contribution in [2.45, 2.75) is 118 Å². The van der Waals surface area contributed by atoms with Crippen LogP contribution >= 0.6 is 0 Å². The molecule has 55 heavy (non-hydrogen) atoms. The Morgan fingerprint density at radius 3 is 2.15 bits per heavy atom. The topological polar surface area (TPSA) is 173 Å². The van der Waals surface area contributed by atoms with Crippen LogP contribution in [0.5, 0.6) is 0 Å². The number of nitrogens with one attached hydrogen (secondary N) is 2. The number of carbonyl (C=O) groups excluding carboxylic acids is 3. The molecule has 4 heterocycles. The quantitative estimate of drug-likeness (QED) is 0.218. The molecule has 1 spiro atoms. The van der Waals surface area contributed by atoms with Crippen LogP contribution in [0.15, 0.2) is 24.5 Å². The van der Waals surface area contributed by atoms with E-state index in [-0.39, 0.29) is 51.5 Å². The van der Waals surface area contributed by atoms with Gasteiger partial charge in [0, 0.05) is 53.5 Å². The molecule has 3 aliphatic rings. The summed E-state index contributed by atoms with van der Waals surface area (Å²) in [5.74, 6) is -0.673. The van der Waals surface area contributed by atoms with Crippen LogP contribution < -0.4 is 15.5 Å². The molecule has 1 unspecified atom stereocenters. The maximum atomic E-state index is 16.8. The molecule has 6 rings (SSSR count). The van der Waals surface area contributed by atoms with Gasteiger partial charge in [0.2, 0.25) is 0 Å². The Labute approximate surface area is 320 Å². The van der Waals surface area contributed by atoms with Gasteiger partial charge in [0.25, 0.3) is 0 Å². The number of anilines is 3. The first-order valence-corrected chi connectivity index (χ1v) is 18.5. The smallest absolute Gasteiger partial charge is 0.413 e. The number of halogens is 1. The normalized spacial score (nSPS) is 18.2. The summed E-state index contributed by atoms with van der Waals surface area (Å²) in [7, 11) is 0. The fraction of sp³-hybridized carbons (Fsp3) is 0.550. The second kappa shape index (κ2) is 13.8. The lowest BCUT2D eigenvalue weighted by molar-refractivity contribution is -0.125. The second-order valence-electron chi connectivity index (χ2n) is 18.1. The van der Waals surface area contributed by atoms with Crippen LogP contribution in [0.2, 0.25) is 0 Å². The number of rotatable bonds is 4. The number of hydrogen-bond acceptors (Lipinski definition) is 9. The highest BCUT2D eigenvalue weighted by molar-refractivity contribution is 6.04. The van der Waals surface area contributed by atoms with Gasteiger partial charge >= 0.3 is 24.4 Å². The minimum Gasteiger partial charge on any atom is -0.465 e. The molecule has 2 aliphatic heterocycles. The fourth-order valence-corrected chi connectivity index (χ4v) is 7.84. The maximum absolute atomic E-state index is 16.8. The summed E-state index contributed by atoms with van der Waals surface area (Å²) in [5.41, 5.74) is -0.231. The highest BCUT2D eigenvalue weighted by atomic mass is 19.1. The van der Waals surface area contributed by atoms with E-state index in [0.717, 1.165) is 0 Å². The van der Waals surface area contributed by atoms with Crippen molar-refractivity contribution in [2.24, 2.45) is 10.8 Å². The van der Waals surface area contributed by atoms with Gasteiger partial charge in [-0.05, 0) is 103 Å². The molecule has 296 valence electrons. The summed E-state index contributed by atoms with van der Waals surface area (Å²) in [6.45, 7) is 19.3. The van der Waals surface area contributed by atoms with Crippen LogP contribution in [0.1, 0.15) is 92.8 Å². The Hall–Kier alpha value is -5.21. The molecule has 2 fully saturated rings. The Morgan fingerprint density at radius 1 is 0.891 bits per heavy atom. The van der Waals surface area contributed by atoms with Gasteiger partial charge in [0.15, 0.2) is 5.82 Å². The number of pyridine rings is 2. The van der Waals surface area contributed by atoms with Crippen molar-refractivity contribution in [1.82, 2.24) is 14.9 Å². The maximum Gasteiger partial charge on any atom is 0.413 e. The molecular formula is C40H51FN6O8. The van der Waals surface area contributed by atoms with Crippen molar-refractivity contribution in [2.75, 3.05) is 28.6 Å². The van der Waals surface area contributed by atoms with Gasteiger partial charge in [0.1, 0.15) is 23.1 Å². The molecule has 2 aromatic heterocycles. The number of fused-ring (bicyclic) bond motifs is 2. The van der Waals surface area contributed by atoms with E-state index in [1.165, 1.54) is 23.4 Å². The number of aromatic nitrogens is 2. The van der Waals surface area contributed by atoms with Crippen molar-refractivity contribution in [3.05, 3.63) is 41.6 Å². The van der Waals surface area contributed by atoms with E-state index < -0.39 is 35.3 Å². The number of carbonyl (C=O) groups is 4. The molecule has 4 amide bonds. The molecule has 15 heteroatoms. The van der Waals surface area contributed by atoms with Gasteiger partial charge in [-0.3, -0.25) is 20.5 Å². The number of amides is 4. The average molecular weight is 763 g/mol. The lowest BCUT2D eigenvalue weighted by Gasteiger charge is -2.57. The van der Waals surface area contributed by atoms with Crippen LogP contribution in [0, 0.1) is 23.6 Å². The van der Waals surface area contributed by atoms with E-state index in [1.54, 1.807) is 38.7 Å². The van der Waals surface area contributed by atoms with E-state index in [1.807, 2.05) is 41.5 Å². The highest BCUT2D eigenvalue weighted by Crippen LogP contribution is 2.50. The molecule has 1 aliphatic carbocycles. The van der Waals surface area contributed by atoms with Crippen molar-refractivity contribution >= 4 is 52.3 Å². The zero-order chi connectivity index (χ0) is 40.4. The molecule has 3 N–H and O–H groups in total. The van der Waals surface area contributed by atoms with E-state index in [2.05, 4.69) is 20.6 Å². The predicted octanol–water partition coefficient (Wildman–Crippen LogP) is 8.88. The van der Waals surface area contributed by atoms with Crippen molar-refractivity contribution in [3.8, 4) is 11.1 Å². The van der Waals surface area contributed by atoms with Crippen LogP contribution in [-0.2, 0) is 20.6 Å². The van der Waals surface area contributed by atoms with Crippen LogP contribution in [0.4, 0.5) is 40.8 Å². The van der Waals surface area contributed by atoms with E-state index in [0.29, 0.717) is 66.7 Å². The third kappa shape index (κ3) is 8.25. The number of carboxylic acid groups (broad SMARTS) is 1. The first kappa shape index (κ1) is 39.5. The number of hydrogen-bond donors (Lipinski definition) is 3. The summed E-state index contributed by atoms with van der Waals surface area (Å²) in [6.07, 6.45) is 1.77. The fourth-order valence-electron chi connectivity index (χ4n) is 7.84. The van der Waals surface area contributed by atoms with Crippen molar-refractivity contribution < 1.29 is 42.9 Å². The Kier molecular flexibility index (Phi) is 9.92. The van der Waals surface area contributed by atoms with Gasteiger partial charge in [0.05, 0.1) is 17.1 Å². The summed E-state index contributed by atoms with van der Waals surface area (Å²) >= 11 is 0. The SMILES string of the molecule is Cc1c(-c2cc3cc(NC(=O)OC4CC5(C4)CN(C(=O)OC(C)(C)C)C5)ncc3c(NC(=O)OC(C)(C)C)c2F)cnc2c1N(C(=O)O)C(C(C)(C)C)CC2. The third-order valence-electron chi connectivity index (χ3n) is 10.2. The van der Waals surface area contributed by atoms with Crippen molar-refractivity contribution in [3.63, 3.8) is 0 Å². The molecule has 1 saturated heterocycles. The lowest BCUT2D eigenvalue weighted by Crippen LogP contribution is -2.66. The molecule has 1 saturated carbocycles. The van der Waals surface area contributed by atoms with Gasteiger partial charge in [-0.2, -0.15) is 0 Å². The van der Waals surface area contributed by atoms with Crippen LogP contribution in [0.25, 0.3) is 21.9 Å². The molecule has 0 radical (unpaired) electrons. The van der Waals surface area contributed by atoms with Crippen molar-refractivity contribution in [1.29, 1.82) is 0 Å². The number of likely N-dealkylation sites (tertiary alicyclic amines) is 1. The predicted molar refractivity (Wildman–Crippen MR) is 205 cm³/mol. The average Bonchev–Trinajstić information content (AvgIpc) is 3.00. The molecule has 1 aromatic carbocycles. The standard InChI is InChI=1S/C40H51FN6O8/c1-21-25(17-42-27-11-12-28(37(2,3)4)47(32(21)27)35(50)51)24-13-22-14-29(43-18-26(22)31(30(24)41)45-34(49)54-38(5,6)7)44-33(48)53-23-15-40(16-23)19-46(20-40)36(52)55-39(8,9)10/h13-14,17-18,23,28H,11-12,15-16,19-20H2,1-10H3,(H,45,49)(H,50,51)(H,43,44,48). The number of ether oxygens (including phenoxy) is 3. The van der Waals surface area contributed by atoms with Crippen LogP contribution in [0.3, 0.4) is 0 Å². The number of benzene rings is 1. The molecule has 0 bridgehead atoms. The summed E-state index contributed by atoms with van der Waals surface area (Å²) < 4.78 is 33.3.